The summed E-state index contributed by atoms with van der Waals surface area (Å²) < 4.78 is 65.8. The first kappa shape index (κ1) is 71.4. The molecule has 0 amide bonds. The van der Waals surface area contributed by atoms with Crippen molar-refractivity contribution in [3.05, 3.63) is 0 Å². The van der Waals surface area contributed by atoms with Crippen molar-refractivity contribution in [2.24, 2.45) is 109 Å². The summed E-state index contributed by atoms with van der Waals surface area (Å²) in [6, 6.07) is 0. The van der Waals surface area contributed by atoms with Crippen molar-refractivity contribution >= 4 is 65.7 Å². The lowest BCUT2D eigenvalue weighted by atomic mass is 9.73. The van der Waals surface area contributed by atoms with E-state index < -0.39 is 74.7 Å². The molecule has 0 aromatic heterocycles. The third kappa shape index (κ3) is 11.7. The molecule has 534 valence electrons. The van der Waals surface area contributed by atoms with Crippen LogP contribution in [0.15, 0.2) is 0 Å². The summed E-state index contributed by atoms with van der Waals surface area (Å²) in [4.78, 5) is 132. The van der Waals surface area contributed by atoms with Crippen LogP contribution in [0.4, 0.5) is 0 Å². The van der Waals surface area contributed by atoms with Gasteiger partial charge in [-0.15, -0.1) is 0 Å². The van der Waals surface area contributed by atoms with Gasteiger partial charge in [-0.25, -0.2) is 0 Å². The smallest absolute Gasteiger partial charge is 0.316 e. The number of methoxy groups -OCH3 is 1. The molecule has 0 spiro atoms. The molecule has 8 aliphatic carbocycles. The molecule has 0 aromatic carbocycles. The standard InChI is InChI=1S/C16H22O6.2C15H22O4.C14H20O4.C13H18O5/c1-5-16(2,3)15(19)22-12-7-6-8-10(9(7)13(17)20-4)14(18)21-11(8)12;1-5-14(2,3)13(17)19-11-10-8-6-15(11,4)7-9(8)12(16)18-10;1-5-14(2,3)12(16)19-11-8-6-9-10(7-8)18-13(17)15(9,11)4;1-4-14(2,3)13(16)18-11-7-5-8-9(6-7)17-12(15)10(8)11;1-4-13(2,3)12(15)18-9-7-5-6-8(16-7)10(9)17-11(6)14/h7-12H,5-6H2,1-4H3;2*8-11H,5-7H2,1-4H3;7-11H,4-6H2,1-3H3;6-10H,4-5H2,1-3H3. The van der Waals surface area contributed by atoms with Crippen LogP contribution in [0.3, 0.4) is 0 Å². The SMILES string of the molecule is CCC(C)(C)C(=O)OC1C2CC3C(=O)OC1C3O2.CCC(C)(C)C(=O)OC1C2CC3C1OC(=O)C3C2C(=O)OC.CCC(C)(C)C(=O)OC1C2CC3OC(=O)C1(C)C3C2.CCC(C)(C)C(=O)OC1C2CC3OC(=O)C1C3C2.CCC(C)(C)C(=O)OC1C2OC(=O)C3CC1(C)CC32. The van der Waals surface area contributed by atoms with Gasteiger partial charge < -0.3 is 56.8 Å². The van der Waals surface area contributed by atoms with Gasteiger partial charge in [0.05, 0.1) is 64.0 Å². The molecule has 7 aliphatic heterocycles. The van der Waals surface area contributed by atoms with E-state index in [-0.39, 0.29) is 155 Å². The molecular weight excluding hydrogens is 1240 g/mol. The van der Waals surface area contributed by atoms with Gasteiger partial charge in [0.1, 0.15) is 66.3 Å². The van der Waals surface area contributed by atoms with E-state index in [2.05, 4.69) is 6.92 Å². The first-order valence-corrected chi connectivity index (χ1v) is 35.6. The van der Waals surface area contributed by atoms with Crippen molar-refractivity contribution in [2.75, 3.05) is 7.11 Å². The second-order valence-electron chi connectivity index (χ2n) is 34.1. The number of fused-ring (bicyclic) bond motifs is 5. The first-order valence-electron chi connectivity index (χ1n) is 35.6. The summed E-state index contributed by atoms with van der Waals surface area (Å²) in [6.07, 6.45) is 7.34. The maximum atomic E-state index is 12.4. The molecule has 23 heteroatoms. The second kappa shape index (κ2) is 25.1. The predicted molar refractivity (Wildman–Crippen MR) is 335 cm³/mol. The molecule has 15 rings (SSSR count). The summed E-state index contributed by atoms with van der Waals surface area (Å²) >= 11 is 0. The Balaban J connectivity index is 0.000000122. The van der Waals surface area contributed by atoms with E-state index in [0.29, 0.717) is 43.4 Å². The van der Waals surface area contributed by atoms with Gasteiger partial charge in [0.2, 0.25) is 0 Å². The summed E-state index contributed by atoms with van der Waals surface area (Å²) in [5.74, 6) is -2.57. The molecule has 7 saturated heterocycles. The van der Waals surface area contributed by atoms with Crippen LogP contribution in [-0.4, -0.2) is 146 Å². The van der Waals surface area contributed by atoms with Crippen LogP contribution in [0.2, 0.25) is 0 Å². The molecule has 0 radical (unpaired) electrons. The van der Waals surface area contributed by atoms with Gasteiger partial charge in [0.15, 0.2) is 12.2 Å². The number of ether oxygens (including phenoxy) is 12. The predicted octanol–water partition coefficient (Wildman–Crippen LogP) is 8.89. The highest BCUT2D eigenvalue weighted by Crippen LogP contribution is 2.65. The Morgan fingerprint density at radius 3 is 1.48 bits per heavy atom. The number of hydrogen-bond donors (Lipinski definition) is 0. The van der Waals surface area contributed by atoms with E-state index >= 15 is 0 Å². The van der Waals surface area contributed by atoms with Crippen LogP contribution in [0.1, 0.15) is 201 Å². The van der Waals surface area contributed by atoms with Gasteiger partial charge in [-0.2, -0.15) is 0 Å². The molecule has 23 nitrogen and oxygen atoms in total. The molecule has 0 aromatic rings. The minimum atomic E-state index is -0.604. The highest BCUT2D eigenvalue weighted by molar-refractivity contribution is 5.87. The Hall–Kier alpha value is -5.87. The summed E-state index contributed by atoms with van der Waals surface area (Å²) in [6.45, 7) is 32.5. The fourth-order valence-electron chi connectivity index (χ4n) is 18.2. The number of carbonyl (C=O) groups is 11. The topological polar surface area (TPSA) is 299 Å². The molecule has 10 bridgehead atoms. The van der Waals surface area contributed by atoms with Gasteiger partial charge in [0, 0.05) is 46.8 Å². The van der Waals surface area contributed by atoms with Gasteiger partial charge in [0.25, 0.3) is 0 Å². The fourth-order valence-corrected chi connectivity index (χ4v) is 18.2. The minimum absolute atomic E-state index is 0.0378. The van der Waals surface area contributed by atoms with Crippen LogP contribution in [0.5, 0.6) is 0 Å². The average molecular weight is 1350 g/mol. The summed E-state index contributed by atoms with van der Waals surface area (Å²) in [7, 11) is 1.31. The maximum Gasteiger partial charge on any atom is 0.316 e. The van der Waals surface area contributed by atoms with E-state index in [4.69, 9.17) is 56.8 Å². The summed E-state index contributed by atoms with van der Waals surface area (Å²) in [5.41, 5.74) is -3.21. The third-order valence-electron chi connectivity index (χ3n) is 26.5. The van der Waals surface area contributed by atoms with Gasteiger partial charge in [-0.1, -0.05) is 41.5 Å². The maximum absolute atomic E-state index is 12.4. The van der Waals surface area contributed by atoms with Crippen LogP contribution in [-0.2, 0) is 110 Å². The molecular formula is C73H104O23. The number of rotatable bonds is 16. The Morgan fingerprint density at radius 2 is 0.917 bits per heavy atom. The van der Waals surface area contributed by atoms with E-state index in [1.807, 2.05) is 111 Å². The molecule has 26 atom stereocenters. The fraction of sp³-hybridized carbons (Fsp3) is 0.849. The van der Waals surface area contributed by atoms with E-state index in [1.165, 1.54) is 7.11 Å². The molecule has 26 unspecified atom stereocenters. The molecule has 15 aliphatic rings. The Morgan fingerprint density at radius 1 is 0.427 bits per heavy atom. The normalized spacial score (nSPS) is 41.5. The second-order valence-corrected chi connectivity index (χ2v) is 34.1. The van der Waals surface area contributed by atoms with Crippen molar-refractivity contribution in [2.45, 2.75) is 274 Å². The zero-order valence-electron chi connectivity index (χ0n) is 59.4. The third-order valence-corrected chi connectivity index (χ3v) is 26.5. The van der Waals surface area contributed by atoms with Crippen LogP contribution < -0.4 is 0 Å². The molecule has 7 heterocycles. The molecule has 96 heavy (non-hydrogen) atoms. The van der Waals surface area contributed by atoms with Gasteiger partial charge >= 0.3 is 65.7 Å². The first-order chi connectivity index (χ1) is 44.8. The van der Waals surface area contributed by atoms with Crippen LogP contribution >= 0.6 is 0 Å². The monoisotopic (exact) mass is 1350 g/mol. The van der Waals surface area contributed by atoms with Crippen molar-refractivity contribution in [1.29, 1.82) is 0 Å². The van der Waals surface area contributed by atoms with Crippen molar-refractivity contribution in [3.63, 3.8) is 0 Å². The van der Waals surface area contributed by atoms with Gasteiger partial charge in [-0.05, 0) is 160 Å². The average Bonchev–Trinajstić information content (AvgIpc) is 1.53. The van der Waals surface area contributed by atoms with Crippen molar-refractivity contribution in [1.82, 2.24) is 0 Å². The van der Waals surface area contributed by atoms with Crippen LogP contribution in [0.25, 0.3) is 0 Å². The van der Waals surface area contributed by atoms with E-state index in [9.17, 15) is 52.7 Å². The molecule has 15 fully saturated rings. The highest BCUT2D eigenvalue weighted by atomic mass is 16.7. The lowest BCUT2D eigenvalue weighted by molar-refractivity contribution is -0.174. The number of carbonyl (C=O) groups excluding carboxylic acids is 11. The van der Waals surface area contributed by atoms with Crippen molar-refractivity contribution in [3.8, 4) is 0 Å². The molecule has 0 N–H and O–H groups in total. The zero-order chi connectivity index (χ0) is 70.4. The zero-order valence-corrected chi connectivity index (χ0v) is 59.4. The number of esters is 11. The molecule has 8 saturated carbocycles. The van der Waals surface area contributed by atoms with E-state index in [1.54, 1.807) is 0 Å². The number of hydrogen-bond acceptors (Lipinski definition) is 23. The lowest BCUT2D eigenvalue weighted by Crippen LogP contribution is -2.45. The summed E-state index contributed by atoms with van der Waals surface area (Å²) in [5, 5.41) is 0. The lowest BCUT2D eigenvalue weighted by Gasteiger charge is -2.34. The van der Waals surface area contributed by atoms with Crippen LogP contribution in [0, 0.1) is 109 Å². The largest absolute Gasteiger partial charge is 0.469 e. The van der Waals surface area contributed by atoms with Crippen molar-refractivity contribution < 1.29 is 110 Å². The van der Waals surface area contributed by atoms with E-state index in [0.717, 1.165) is 57.8 Å². The quantitative estimate of drug-likeness (QED) is 0.103. The highest BCUT2D eigenvalue weighted by Gasteiger charge is 2.74. The Kier molecular flexibility index (Phi) is 18.7. The minimum Gasteiger partial charge on any atom is -0.469 e. The Bertz CT molecular complexity index is 3160. The Labute approximate surface area is 563 Å². The van der Waals surface area contributed by atoms with Gasteiger partial charge in [-0.3, -0.25) is 52.7 Å².